The summed E-state index contributed by atoms with van der Waals surface area (Å²) in [5.41, 5.74) is 1.37. The third-order valence-corrected chi connectivity index (χ3v) is 2.62. The van der Waals surface area contributed by atoms with Crippen molar-refractivity contribution < 1.29 is 0 Å². The molecule has 0 bridgehead atoms. The Morgan fingerprint density at radius 1 is 1.60 bits per heavy atom. The summed E-state index contributed by atoms with van der Waals surface area (Å²) in [7, 11) is 0. The predicted molar refractivity (Wildman–Crippen MR) is 71.5 cm³/mol. The standard InChI is InChI=1S/C11H17Cl2N.ClH/c1-9(12)8-14-7-6-10-2-4-11(13)5-3-10;/h2-4,9,11,14H,5-8H2,1H3;1H. The van der Waals surface area contributed by atoms with Crippen molar-refractivity contribution in [3.05, 3.63) is 23.8 Å². The maximum Gasteiger partial charge on any atom is 0.0553 e. The van der Waals surface area contributed by atoms with E-state index in [1.807, 2.05) is 6.92 Å². The van der Waals surface area contributed by atoms with Crippen LogP contribution < -0.4 is 5.32 Å². The van der Waals surface area contributed by atoms with Gasteiger partial charge in [0.2, 0.25) is 0 Å². The van der Waals surface area contributed by atoms with Gasteiger partial charge >= 0.3 is 0 Å². The van der Waals surface area contributed by atoms with Gasteiger partial charge in [0.1, 0.15) is 0 Å². The molecule has 0 heterocycles. The Kier molecular flexibility index (Phi) is 8.64. The molecule has 0 aliphatic heterocycles. The van der Waals surface area contributed by atoms with Crippen LogP contribution in [0.1, 0.15) is 19.8 Å². The predicted octanol–water partition coefficient (Wildman–Crippen LogP) is 3.51. The fourth-order valence-corrected chi connectivity index (χ4v) is 1.63. The topological polar surface area (TPSA) is 12.0 Å². The van der Waals surface area contributed by atoms with E-state index in [1.165, 1.54) is 5.57 Å². The van der Waals surface area contributed by atoms with Crippen molar-refractivity contribution in [3.8, 4) is 0 Å². The minimum atomic E-state index is 0. The highest BCUT2D eigenvalue weighted by atomic mass is 35.5. The lowest BCUT2D eigenvalue weighted by molar-refractivity contribution is 0.675. The Hall–Kier alpha value is 0.310. The quantitative estimate of drug-likeness (QED) is 0.595. The first kappa shape index (κ1) is 15.3. The van der Waals surface area contributed by atoms with Crippen LogP contribution >= 0.6 is 35.6 Å². The molecule has 0 aromatic heterocycles. The number of nitrogens with one attached hydrogen (secondary N) is 1. The molecule has 88 valence electrons. The van der Waals surface area contributed by atoms with E-state index in [-0.39, 0.29) is 23.2 Å². The van der Waals surface area contributed by atoms with Gasteiger partial charge in [0.15, 0.2) is 0 Å². The number of rotatable bonds is 5. The highest BCUT2D eigenvalue weighted by molar-refractivity contribution is 6.22. The molecule has 1 nitrogen and oxygen atoms in total. The molecule has 15 heavy (non-hydrogen) atoms. The van der Waals surface area contributed by atoms with Crippen molar-refractivity contribution in [2.24, 2.45) is 0 Å². The number of halogens is 3. The highest BCUT2D eigenvalue weighted by Gasteiger charge is 2.04. The van der Waals surface area contributed by atoms with Crippen molar-refractivity contribution in [3.63, 3.8) is 0 Å². The van der Waals surface area contributed by atoms with Crippen LogP contribution in [0.2, 0.25) is 0 Å². The molecule has 0 saturated heterocycles. The third kappa shape index (κ3) is 7.24. The van der Waals surface area contributed by atoms with Gasteiger partial charge in [0.05, 0.1) is 5.38 Å². The lowest BCUT2D eigenvalue weighted by Gasteiger charge is -2.11. The van der Waals surface area contributed by atoms with Crippen LogP contribution in [0.5, 0.6) is 0 Å². The molecule has 0 radical (unpaired) electrons. The molecule has 2 unspecified atom stereocenters. The van der Waals surface area contributed by atoms with E-state index < -0.39 is 0 Å². The number of hydrogen-bond donors (Lipinski definition) is 1. The highest BCUT2D eigenvalue weighted by Crippen LogP contribution is 2.16. The first-order valence-corrected chi connectivity index (χ1v) is 5.92. The minimum absolute atomic E-state index is 0. The summed E-state index contributed by atoms with van der Waals surface area (Å²) in [6, 6.07) is 0. The number of alkyl halides is 2. The molecule has 0 spiro atoms. The van der Waals surface area contributed by atoms with Gasteiger partial charge in [0, 0.05) is 11.9 Å². The fourth-order valence-electron chi connectivity index (χ4n) is 1.36. The molecule has 0 saturated carbocycles. The van der Waals surface area contributed by atoms with E-state index in [2.05, 4.69) is 23.5 Å². The molecule has 1 aliphatic rings. The van der Waals surface area contributed by atoms with Crippen LogP contribution in [-0.2, 0) is 0 Å². The van der Waals surface area contributed by atoms with Crippen molar-refractivity contribution >= 4 is 35.6 Å². The molecule has 0 aromatic carbocycles. The second-order valence-electron chi connectivity index (χ2n) is 3.62. The molecular weight excluding hydrogens is 252 g/mol. The zero-order valence-corrected chi connectivity index (χ0v) is 11.2. The minimum Gasteiger partial charge on any atom is -0.315 e. The zero-order chi connectivity index (χ0) is 10.4. The number of hydrogen-bond acceptors (Lipinski definition) is 1. The molecule has 0 fully saturated rings. The van der Waals surface area contributed by atoms with Crippen molar-refractivity contribution in [2.45, 2.75) is 30.5 Å². The SMILES string of the molecule is CC(Cl)CNCCC1=CCC(Cl)C=C1.Cl. The van der Waals surface area contributed by atoms with E-state index >= 15 is 0 Å². The van der Waals surface area contributed by atoms with Gasteiger partial charge < -0.3 is 5.32 Å². The second kappa shape index (κ2) is 8.46. The lowest BCUT2D eigenvalue weighted by atomic mass is 10.0. The summed E-state index contributed by atoms with van der Waals surface area (Å²) in [5.74, 6) is 0. The van der Waals surface area contributed by atoms with E-state index in [9.17, 15) is 0 Å². The molecule has 2 atom stereocenters. The summed E-state index contributed by atoms with van der Waals surface area (Å²) in [6.45, 7) is 3.85. The maximum absolute atomic E-state index is 5.92. The Morgan fingerprint density at radius 3 is 2.87 bits per heavy atom. The monoisotopic (exact) mass is 269 g/mol. The molecule has 0 aromatic rings. The van der Waals surface area contributed by atoms with Gasteiger partial charge in [0.25, 0.3) is 0 Å². The van der Waals surface area contributed by atoms with E-state index in [0.29, 0.717) is 0 Å². The molecule has 1 rings (SSSR count). The van der Waals surface area contributed by atoms with E-state index in [1.54, 1.807) is 0 Å². The van der Waals surface area contributed by atoms with Gasteiger partial charge in [-0.2, -0.15) is 0 Å². The van der Waals surface area contributed by atoms with Crippen LogP contribution in [0, 0.1) is 0 Å². The Bertz CT molecular complexity index is 224. The Morgan fingerprint density at radius 2 is 2.33 bits per heavy atom. The summed E-state index contributed by atoms with van der Waals surface area (Å²) in [5, 5.41) is 3.70. The van der Waals surface area contributed by atoms with Crippen molar-refractivity contribution in [1.29, 1.82) is 0 Å². The average molecular weight is 271 g/mol. The van der Waals surface area contributed by atoms with Crippen LogP contribution in [0.4, 0.5) is 0 Å². The summed E-state index contributed by atoms with van der Waals surface area (Å²) in [4.78, 5) is 0. The second-order valence-corrected chi connectivity index (χ2v) is 4.93. The van der Waals surface area contributed by atoms with Crippen LogP contribution in [0.15, 0.2) is 23.8 Å². The lowest BCUT2D eigenvalue weighted by Crippen LogP contribution is -2.22. The van der Waals surface area contributed by atoms with Gasteiger partial charge in [-0.1, -0.05) is 23.8 Å². The van der Waals surface area contributed by atoms with E-state index in [4.69, 9.17) is 23.2 Å². The maximum atomic E-state index is 5.92. The largest absolute Gasteiger partial charge is 0.315 e. The van der Waals surface area contributed by atoms with Gasteiger partial charge in [-0.25, -0.2) is 0 Å². The smallest absolute Gasteiger partial charge is 0.0553 e. The van der Waals surface area contributed by atoms with Gasteiger partial charge in [-0.3, -0.25) is 0 Å². The average Bonchev–Trinajstić information content (AvgIpc) is 2.15. The van der Waals surface area contributed by atoms with E-state index in [0.717, 1.165) is 25.9 Å². The third-order valence-electron chi connectivity index (χ3n) is 2.14. The van der Waals surface area contributed by atoms with Crippen LogP contribution in [0.3, 0.4) is 0 Å². The van der Waals surface area contributed by atoms with Crippen molar-refractivity contribution in [2.75, 3.05) is 13.1 Å². The summed E-state index contributed by atoms with van der Waals surface area (Å²) in [6.07, 6.45) is 8.40. The van der Waals surface area contributed by atoms with Crippen molar-refractivity contribution in [1.82, 2.24) is 5.32 Å². The van der Waals surface area contributed by atoms with Crippen LogP contribution in [0.25, 0.3) is 0 Å². The first-order chi connectivity index (χ1) is 6.68. The molecule has 1 aliphatic carbocycles. The fraction of sp³-hybridized carbons (Fsp3) is 0.636. The Balaban J connectivity index is 0.00000196. The van der Waals surface area contributed by atoms with Crippen LogP contribution in [-0.4, -0.2) is 23.8 Å². The summed E-state index contributed by atoms with van der Waals surface area (Å²) >= 11 is 11.7. The summed E-state index contributed by atoms with van der Waals surface area (Å²) < 4.78 is 0. The van der Waals surface area contributed by atoms with Gasteiger partial charge in [-0.15, -0.1) is 35.6 Å². The first-order valence-electron chi connectivity index (χ1n) is 5.04. The Labute approximate surface area is 108 Å². The normalized spacial score (nSPS) is 21.8. The molecule has 0 amide bonds. The number of allylic oxidation sites excluding steroid dienone is 3. The zero-order valence-electron chi connectivity index (χ0n) is 8.88. The molecular formula is C11H18Cl3N. The molecule has 1 N–H and O–H groups in total. The molecule has 4 heteroatoms. The van der Waals surface area contributed by atoms with Gasteiger partial charge in [-0.05, 0) is 26.3 Å².